The fourth-order valence-electron chi connectivity index (χ4n) is 1.54. The van der Waals surface area contributed by atoms with Crippen molar-refractivity contribution in [3.8, 4) is 0 Å². The monoisotopic (exact) mass is 250 g/mol. The van der Waals surface area contributed by atoms with E-state index < -0.39 is 5.91 Å². The molecule has 5 heteroatoms. The van der Waals surface area contributed by atoms with Gasteiger partial charge in [-0.3, -0.25) is 9.59 Å². The molecule has 0 aliphatic heterocycles. The third-order valence-electron chi connectivity index (χ3n) is 2.36. The summed E-state index contributed by atoms with van der Waals surface area (Å²) >= 11 is 0. The number of nitrogens with one attached hydrogen (secondary N) is 1. The SMILES string of the molecule is CCOC(=O)CC(C)Nc1ccc(C(N)=O)cc1. The predicted octanol–water partition coefficient (Wildman–Crippen LogP) is 1.54. The third kappa shape index (κ3) is 4.45. The molecule has 0 fully saturated rings. The molecular formula is C13H18N2O3. The fourth-order valence-corrected chi connectivity index (χ4v) is 1.54. The van der Waals surface area contributed by atoms with E-state index in [4.69, 9.17) is 10.5 Å². The topological polar surface area (TPSA) is 81.4 Å². The summed E-state index contributed by atoms with van der Waals surface area (Å²) in [7, 11) is 0. The molecule has 0 radical (unpaired) electrons. The first-order valence-electron chi connectivity index (χ1n) is 5.85. The van der Waals surface area contributed by atoms with E-state index in [-0.39, 0.29) is 12.0 Å². The number of rotatable bonds is 6. The molecule has 0 bridgehead atoms. The van der Waals surface area contributed by atoms with E-state index in [1.807, 2.05) is 6.92 Å². The van der Waals surface area contributed by atoms with Crippen molar-refractivity contribution in [3.05, 3.63) is 29.8 Å². The molecule has 1 aromatic carbocycles. The Morgan fingerprint density at radius 3 is 2.44 bits per heavy atom. The van der Waals surface area contributed by atoms with Crippen molar-refractivity contribution in [1.29, 1.82) is 0 Å². The summed E-state index contributed by atoms with van der Waals surface area (Å²) in [6.45, 7) is 4.05. The second-order valence-electron chi connectivity index (χ2n) is 4.00. The normalized spacial score (nSPS) is 11.7. The molecule has 1 atom stereocenters. The van der Waals surface area contributed by atoms with E-state index in [2.05, 4.69) is 5.32 Å². The van der Waals surface area contributed by atoms with Gasteiger partial charge in [-0.15, -0.1) is 0 Å². The second kappa shape index (κ2) is 6.64. The van der Waals surface area contributed by atoms with Crippen LogP contribution >= 0.6 is 0 Å². The number of carbonyl (C=O) groups is 2. The molecule has 0 aliphatic carbocycles. The molecule has 1 aromatic rings. The quantitative estimate of drug-likeness (QED) is 0.750. The number of nitrogens with two attached hydrogens (primary N) is 1. The number of hydrogen-bond donors (Lipinski definition) is 2. The highest BCUT2D eigenvalue weighted by Gasteiger charge is 2.09. The fraction of sp³-hybridized carbons (Fsp3) is 0.385. The zero-order valence-corrected chi connectivity index (χ0v) is 10.6. The summed E-state index contributed by atoms with van der Waals surface area (Å²) in [5.74, 6) is -0.688. The lowest BCUT2D eigenvalue weighted by atomic mass is 10.1. The van der Waals surface area contributed by atoms with Crippen molar-refractivity contribution in [2.24, 2.45) is 5.73 Å². The highest BCUT2D eigenvalue weighted by molar-refractivity contribution is 5.93. The maximum absolute atomic E-state index is 11.3. The van der Waals surface area contributed by atoms with Crippen LogP contribution in [0.25, 0.3) is 0 Å². The van der Waals surface area contributed by atoms with Gasteiger partial charge in [0.2, 0.25) is 5.91 Å². The Morgan fingerprint density at radius 1 is 1.33 bits per heavy atom. The van der Waals surface area contributed by atoms with Crippen LogP contribution in [0.2, 0.25) is 0 Å². The van der Waals surface area contributed by atoms with E-state index in [9.17, 15) is 9.59 Å². The number of hydrogen-bond acceptors (Lipinski definition) is 4. The van der Waals surface area contributed by atoms with Crippen molar-refractivity contribution in [2.75, 3.05) is 11.9 Å². The van der Waals surface area contributed by atoms with E-state index in [0.717, 1.165) is 5.69 Å². The molecule has 0 saturated heterocycles. The average Bonchev–Trinajstić information content (AvgIpc) is 2.29. The highest BCUT2D eigenvalue weighted by atomic mass is 16.5. The van der Waals surface area contributed by atoms with Gasteiger partial charge < -0.3 is 15.8 Å². The number of carbonyl (C=O) groups excluding carboxylic acids is 2. The lowest BCUT2D eigenvalue weighted by molar-refractivity contribution is -0.143. The minimum absolute atomic E-state index is 0.0384. The van der Waals surface area contributed by atoms with Crippen molar-refractivity contribution < 1.29 is 14.3 Å². The molecule has 3 N–H and O–H groups in total. The van der Waals surface area contributed by atoms with E-state index in [0.29, 0.717) is 18.6 Å². The molecule has 0 heterocycles. The molecular weight excluding hydrogens is 232 g/mol. The van der Waals surface area contributed by atoms with Crippen molar-refractivity contribution in [1.82, 2.24) is 0 Å². The number of primary amides is 1. The van der Waals surface area contributed by atoms with E-state index in [1.165, 1.54) is 0 Å². The van der Waals surface area contributed by atoms with Crippen LogP contribution in [0.15, 0.2) is 24.3 Å². The molecule has 0 saturated carbocycles. The zero-order valence-electron chi connectivity index (χ0n) is 10.6. The third-order valence-corrected chi connectivity index (χ3v) is 2.36. The highest BCUT2D eigenvalue weighted by Crippen LogP contribution is 2.11. The van der Waals surface area contributed by atoms with Crippen LogP contribution in [0.4, 0.5) is 5.69 Å². The lowest BCUT2D eigenvalue weighted by Gasteiger charge is -2.14. The van der Waals surface area contributed by atoms with Gasteiger partial charge in [0.25, 0.3) is 0 Å². The molecule has 5 nitrogen and oxygen atoms in total. The summed E-state index contributed by atoms with van der Waals surface area (Å²) in [6, 6.07) is 6.75. The number of esters is 1. The standard InChI is InChI=1S/C13H18N2O3/c1-3-18-12(16)8-9(2)15-11-6-4-10(5-7-11)13(14)17/h4-7,9,15H,3,8H2,1-2H3,(H2,14,17). The first-order chi connectivity index (χ1) is 8.52. The van der Waals surface area contributed by atoms with Crippen LogP contribution in [0, 0.1) is 0 Å². The first-order valence-corrected chi connectivity index (χ1v) is 5.85. The molecule has 0 aliphatic rings. The summed E-state index contributed by atoms with van der Waals surface area (Å²) in [5, 5.41) is 3.14. The van der Waals surface area contributed by atoms with Gasteiger partial charge in [-0.25, -0.2) is 0 Å². The number of anilines is 1. The van der Waals surface area contributed by atoms with Gasteiger partial charge in [-0.2, -0.15) is 0 Å². The summed E-state index contributed by atoms with van der Waals surface area (Å²) < 4.78 is 4.86. The van der Waals surface area contributed by atoms with Gasteiger partial charge in [0.05, 0.1) is 13.0 Å². The molecule has 0 spiro atoms. The Labute approximate surface area is 106 Å². The van der Waals surface area contributed by atoms with Crippen LogP contribution < -0.4 is 11.1 Å². The van der Waals surface area contributed by atoms with Gasteiger partial charge in [-0.1, -0.05) is 0 Å². The number of amides is 1. The largest absolute Gasteiger partial charge is 0.466 e. The summed E-state index contributed by atoms with van der Waals surface area (Å²) in [6.07, 6.45) is 0.297. The van der Waals surface area contributed by atoms with E-state index in [1.54, 1.807) is 31.2 Å². The van der Waals surface area contributed by atoms with Crippen LogP contribution in [0.5, 0.6) is 0 Å². The van der Waals surface area contributed by atoms with Gasteiger partial charge in [0.1, 0.15) is 0 Å². The predicted molar refractivity (Wildman–Crippen MR) is 69.3 cm³/mol. The minimum atomic E-state index is -0.457. The molecule has 1 unspecified atom stereocenters. The maximum atomic E-state index is 11.3. The lowest BCUT2D eigenvalue weighted by Crippen LogP contribution is -2.21. The maximum Gasteiger partial charge on any atom is 0.307 e. The summed E-state index contributed by atoms with van der Waals surface area (Å²) in [4.78, 5) is 22.2. The molecule has 98 valence electrons. The summed E-state index contributed by atoms with van der Waals surface area (Å²) in [5.41, 5.74) is 6.43. The Kier molecular flexibility index (Phi) is 5.17. The van der Waals surface area contributed by atoms with Crippen LogP contribution in [0.1, 0.15) is 30.6 Å². The number of ether oxygens (including phenoxy) is 1. The van der Waals surface area contributed by atoms with Gasteiger partial charge in [0.15, 0.2) is 0 Å². The number of benzene rings is 1. The molecule has 1 rings (SSSR count). The Hall–Kier alpha value is -2.04. The zero-order chi connectivity index (χ0) is 13.5. The Morgan fingerprint density at radius 2 is 1.94 bits per heavy atom. The molecule has 1 amide bonds. The van der Waals surface area contributed by atoms with E-state index >= 15 is 0 Å². The Balaban J connectivity index is 2.51. The van der Waals surface area contributed by atoms with Gasteiger partial charge in [0, 0.05) is 17.3 Å². The van der Waals surface area contributed by atoms with Crippen molar-refractivity contribution >= 4 is 17.6 Å². The minimum Gasteiger partial charge on any atom is -0.466 e. The van der Waals surface area contributed by atoms with Gasteiger partial charge >= 0.3 is 5.97 Å². The van der Waals surface area contributed by atoms with Crippen LogP contribution in [-0.2, 0) is 9.53 Å². The molecule has 0 aromatic heterocycles. The van der Waals surface area contributed by atoms with Crippen LogP contribution in [0.3, 0.4) is 0 Å². The van der Waals surface area contributed by atoms with Crippen LogP contribution in [-0.4, -0.2) is 24.5 Å². The van der Waals surface area contributed by atoms with Gasteiger partial charge in [-0.05, 0) is 38.1 Å². The second-order valence-corrected chi connectivity index (χ2v) is 4.00. The first kappa shape index (κ1) is 14.0. The molecule has 18 heavy (non-hydrogen) atoms. The Bertz CT molecular complexity index is 415. The van der Waals surface area contributed by atoms with Crippen molar-refractivity contribution in [3.63, 3.8) is 0 Å². The smallest absolute Gasteiger partial charge is 0.307 e. The van der Waals surface area contributed by atoms with Crippen molar-refractivity contribution in [2.45, 2.75) is 26.3 Å². The average molecular weight is 250 g/mol.